The summed E-state index contributed by atoms with van der Waals surface area (Å²) in [6.07, 6.45) is 1.55. The number of hydrogen-bond donors (Lipinski definition) is 0. The highest BCUT2D eigenvalue weighted by molar-refractivity contribution is 6.12. The molecule has 1 heterocycles. The van der Waals surface area contributed by atoms with Crippen LogP contribution in [0.5, 0.6) is 17.2 Å². The molecule has 0 bridgehead atoms. The van der Waals surface area contributed by atoms with E-state index in [0.29, 0.717) is 22.6 Å². The fourth-order valence-electron chi connectivity index (χ4n) is 2.41. The van der Waals surface area contributed by atoms with Gasteiger partial charge < -0.3 is 18.9 Å². The first-order chi connectivity index (χ1) is 13.0. The SMILES string of the molecule is COc1ccc(C=C2N=C(c3ccc(OC(F)F)cc3)OC2=O)cc1OC. The molecule has 0 N–H and O–H groups in total. The van der Waals surface area contributed by atoms with Crippen molar-refractivity contribution in [2.45, 2.75) is 6.61 Å². The van der Waals surface area contributed by atoms with E-state index >= 15 is 0 Å². The van der Waals surface area contributed by atoms with Gasteiger partial charge in [-0.05, 0) is 48.0 Å². The number of benzene rings is 2. The number of hydrogen-bond acceptors (Lipinski definition) is 6. The number of carbonyl (C=O) groups is 1. The molecule has 8 heteroatoms. The zero-order valence-electron chi connectivity index (χ0n) is 14.4. The van der Waals surface area contributed by atoms with Crippen LogP contribution in [0.3, 0.4) is 0 Å². The number of carbonyl (C=O) groups excluding carboxylic acids is 1. The van der Waals surface area contributed by atoms with Crippen LogP contribution in [0, 0.1) is 0 Å². The Bertz CT molecular complexity index is 907. The Morgan fingerprint density at radius 2 is 1.74 bits per heavy atom. The normalized spacial score (nSPS) is 14.9. The van der Waals surface area contributed by atoms with Gasteiger partial charge in [0.15, 0.2) is 17.2 Å². The predicted molar refractivity (Wildman–Crippen MR) is 93.2 cm³/mol. The number of ether oxygens (including phenoxy) is 4. The lowest BCUT2D eigenvalue weighted by atomic mass is 10.1. The average molecular weight is 375 g/mol. The van der Waals surface area contributed by atoms with E-state index in [9.17, 15) is 13.6 Å². The predicted octanol–water partition coefficient (Wildman–Crippen LogP) is 3.65. The quantitative estimate of drug-likeness (QED) is 0.570. The molecule has 0 fully saturated rings. The summed E-state index contributed by atoms with van der Waals surface area (Å²) in [5.41, 5.74) is 1.23. The third-order valence-electron chi connectivity index (χ3n) is 3.66. The van der Waals surface area contributed by atoms with Crippen molar-refractivity contribution < 1.29 is 32.5 Å². The van der Waals surface area contributed by atoms with E-state index in [-0.39, 0.29) is 17.3 Å². The van der Waals surface area contributed by atoms with Crippen LogP contribution in [0.15, 0.2) is 53.2 Å². The summed E-state index contributed by atoms with van der Waals surface area (Å²) >= 11 is 0. The number of rotatable bonds is 6. The van der Waals surface area contributed by atoms with Crippen LogP contribution in [0.1, 0.15) is 11.1 Å². The minimum atomic E-state index is -2.91. The molecule has 0 aliphatic carbocycles. The van der Waals surface area contributed by atoms with Crippen molar-refractivity contribution in [3.63, 3.8) is 0 Å². The zero-order chi connectivity index (χ0) is 19.4. The first kappa shape index (κ1) is 18.4. The van der Waals surface area contributed by atoms with E-state index in [4.69, 9.17) is 14.2 Å². The van der Waals surface area contributed by atoms with Crippen molar-refractivity contribution >= 4 is 17.9 Å². The summed E-state index contributed by atoms with van der Waals surface area (Å²) in [5, 5.41) is 0. The molecule has 0 atom stereocenters. The number of aliphatic imine (C=N–C) groups is 1. The average Bonchev–Trinajstić information content (AvgIpc) is 3.02. The maximum Gasteiger partial charge on any atom is 0.387 e. The highest BCUT2D eigenvalue weighted by Gasteiger charge is 2.24. The van der Waals surface area contributed by atoms with Crippen molar-refractivity contribution in [2.75, 3.05) is 14.2 Å². The number of alkyl halides is 2. The summed E-state index contributed by atoms with van der Waals surface area (Å²) in [6.45, 7) is -2.91. The molecule has 0 saturated heterocycles. The minimum Gasteiger partial charge on any atom is -0.493 e. The van der Waals surface area contributed by atoms with Crippen LogP contribution in [-0.4, -0.2) is 32.7 Å². The molecule has 2 aromatic rings. The lowest BCUT2D eigenvalue weighted by Crippen LogP contribution is -2.06. The van der Waals surface area contributed by atoms with E-state index in [1.165, 1.54) is 38.5 Å². The second-order valence-corrected chi connectivity index (χ2v) is 5.35. The van der Waals surface area contributed by atoms with E-state index < -0.39 is 12.6 Å². The molecule has 3 rings (SSSR count). The van der Waals surface area contributed by atoms with Crippen LogP contribution in [-0.2, 0) is 9.53 Å². The van der Waals surface area contributed by atoms with Gasteiger partial charge in [-0.2, -0.15) is 8.78 Å². The highest BCUT2D eigenvalue weighted by Crippen LogP contribution is 2.29. The molecular weight excluding hydrogens is 360 g/mol. The van der Waals surface area contributed by atoms with Gasteiger partial charge in [0.05, 0.1) is 14.2 Å². The van der Waals surface area contributed by atoms with E-state index in [1.807, 2.05) is 0 Å². The molecule has 140 valence electrons. The fraction of sp³-hybridized carbons (Fsp3) is 0.158. The van der Waals surface area contributed by atoms with Gasteiger partial charge in [-0.25, -0.2) is 9.79 Å². The van der Waals surface area contributed by atoms with Gasteiger partial charge in [0, 0.05) is 5.56 Å². The first-order valence-corrected chi connectivity index (χ1v) is 7.80. The van der Waals surface area contributed by atoms with Gasteiger partial charge in [-0.1, -0.05) is 6.07 Å². The standard InChI is InChI=1S/C19H15F2NO5/c1-24-15-8-3-11(10-16(15)25-2)9-14-18(23)27-17(22-14)12-4-6-13(7-5-12)26-19(20)21/h3-10,19H,1-2H3. The third kappa shape index (κ3) is 4.22. The van der Waals surface area contributed by atoms with Crippen LogP contribution in [0.25, 0.3) is 6.08 Å². The van der Waals surface area contributed by atoms with E-state index in [2.05, 4.69) is 9.73 Å². The van der Waals surface area contributed by atoms with Crippen molar-refractivity contribution in [1.29, 1.82) is 0 Å². The van der Waals surface area contributed by atoms with E-state index in [1.54, 1.807) is 24.3 Å². The summed E-state index contributed by atoms with van der Waals surface area (Å²) in [4.78, 5) is 16.2. The van der Waals surface area contributed by atoms with Gasteiger partial charge in [-0.3, -0.25) is 0 Å². The maximum absolute atomic E-state index is 12.2. The highest BCUT2D eigenvalue weighted by atomic mass is 19.3. The zero-order valence-corrected chi connectivity index (χ0v) is 14.4. The molecular formula is C19H15F2NO5. The Hall–Kier alpha value is -3.42. The Kier molecular flexibility index (Phi) is 5.35. The van der Waals surface area contributed by atoms with Gasteiger partial charge in [0.1, 0.15) is 5.75 Å². The third-order valence-corrected chi connectivity index (χ3v) is 3.66. The lowest BCUT2D eigenvalue weighted by Gasteiger charge is -2.07. The van der Waals surface area contributed by atoms with Gasteiger partial charge >= 0.3 is 12.6 Å². The molecule has 0 unspecified atom stereocenters. The van der Waals surface area contributed by atoms with E-state index in [0.717, 1.165) is 0 Å². The summed E-state index contributed by atoms with van der Waals surface area (Å²) in [7, 11) is 3.04. The number of halogens is 2. The van der Waals surface area contributed by atoms with Crippen molar-refractivity contribution in [1.82, 2.24) is 0 Å². The van der Waals surface area contributed by atoms with Crippen LogP contribution < -0.4 is 14.2 Å². The first-order valence-electron chi connectivity index (χ1n) is 7.80. The molecule has 0 aromatic heterocycles. The monoisotopic (exact) mass is 375 g/mol. The number of nitrogens with zero attached hydrogens (tertiary/aromatic N) is 1. The van der Waals surface area contributed by atoms with Crippen LogP contribution in [0.4, 0.5) is 8.78 Å². The lowest BCUT2D eigenvalue weighted by molar-refractivity contribution is -0.129. The topological polar surface area (TPSA) is 66.3 Å². The molecule has 0 saturated carbocycles. The molecule has 6 nitrogen and oxygen atoms in total. The number of methoxy groups -OCH3 is 2. The Balaban J connectivity index is 1.84. The van der Waals surface area contributed by atoms with Crippen LogP contribution >= 0.6 is 0 Å². The molecule has 27 heavy (non-hydrogen) atoms. The summed E-state index contributed by atoms with van der Waals surface area (Å²) < 4.78 is 44.2. The Labute approximate surface area is 153 Å². The van der Waals surface area contributed by atoms with Gasteiger partial charge in [0.25, 0.3) is 0 Å². The second-order valence-electron chi connectivity index (χ2n) is 5.35. The molecule has 0 radical (unpaired) electrons. The molecule has 1 aliphatic heterocycles. The maximum atomic E-state index is 12.2. The molecule has 0 spiro atoms. The minimum absolute atomic E-state index is 0.000216. The summed E-state index contributed by atoms with van der Waals surface area (Å²) in [5.74, 6) is 0.531. The largest absolute Gasteiger partial charge is 0.493 e. The van der Waals surface area contributed by atoms with Crippen molar-refractivity contribution in [2.24, 2.45) is 4.99 Å². The Morgan fingerprint density at radius 3 is 2.37 bits per heavy atom. The number of cyclic esters (lactones) is 1. The van der Waals surface area contributed by atoms with Gasteiger partial charge in [-0.15, -0.1) is 0 Å². The smallest absolute Gasteiger partial charge is 0.387 e. The number of esters is 1. The van der Waals surface area contributed by atoms with Crippen molar-refractivity contribution in [3.8, 4) is 17.2 Å². The summed E-state index contributed by atoms with van der Waals surface area (Å²) in [6, 6.07) is 10.8. The van der Waals surface area contributed by atoms with Crippen LogP contribution in [0.2, 0.25) is 0 Å². The molecule has 0 amide bonds. The Morgan fingerprint density at radius 1 is 1.04 bits per heavy atom. The van der Waals surface area contributed by atoms with Gasteiger partial charge in [0.2, 0.25) is 5.90 Å². The fourth-order valence-corrected chi connectivity index (χ4v) is 2.41. The molecule has 2 aromatic carbocycles. The second kappa shape index (κ2) is 7.86. The molecule has 1 aliphatic rings. The van der Waals surface area contributed by atoms with Crippen molar-refractivity contribution in [3.05, 3.63) is 59.3 Å².